The van der Waals surface area contributed by atoms with Gasteiger partial charge in [0.2, 0.25) is 0 Å². The third kappa shape index (κ3) is 1.56. The predicted octanol–water partition coefficient (Wildman–Crippen LogP) is 3.34. The lowest BCUT2D eigenvalue weighted by Crippen LogP contribution is -1.97. The van der Waals surface area contributed by atoms with E-state index in [0.29, 0.717) is 6.04 Å². The van der Waals surface area contributed by atoms with Gasteiger partial charge >= 0.3 is 0 Å². The number of benzene rings is 1. The molecule has 0 saturated carbocycles. The Hall–Kier alpha value is -1.57. The van der Waals surface area contributed by atoms with Gasteiger partial charge in [0, 0.05) is 28.7 Å². The largest absolute Gasteiger partial charge is 0.345 e. The number of fused-ring (bicyclic) bond motifs is 1. The highest BCUT2D eigenvalue weighted by molar-refractivity contribution is 5.89. The summed E-state index contributed by atoms with van der Waals surface area (Å²) in [4.78, 5) is 10.7. The molecule has 0 unspecified atom stereocenters. The highest BCUT2D eigenvalue weighted by Crippen LogP contribution is 2.24. The molecular formula is C13H15NO. The van der Waals surface area contributed by atoms with E-state index in [4.69, 9.17) is 0 Å². The van der Waals surface area contributed by atoms with Crippen molar-refractivity contribution in [1.29, 1.82) is 0 Å². The quantitative estimate of drug-likeness (QED) is 0.683. The van der Waals surface area contributed by atoms with Gasteiger partial charge in [-0.2, -0.15) is 0 Å². The molecule has 1 heterocycles. The van der Waals surface area contributed by atoms with Crippen molar-refractivity contribution in [2.24, 2.45) is 0 Å². The van der Waals surface area contributed by atoms with Gasteiger partial charge in [-0.15, -0.1) is 0 Å². The van der Waals surface area contributed by atoms with Gasteiger partial charge in [0.05, 0.1) is 0 Å². The molecule has 0 atom stereocenters. The molecule has 0 aliphatic rings. The smallest absolute Gasteiger partial charge is 0.150 e. The van der Waals surface area contributed by atoms with Crippen molar-refractivity contribution >= 4 is 17.2 Å². The second-order valence-electron chi connectivity index (χ2n) is 4.21. The molecule has 0 N–H and O–H groups in total. The van der Waals surface area contributed by atoms with Crippen molar-refractivity contribution in [3.05, 3.63) is 35.5 Å². The van der Waals surface area contributed by atoms with Crippen molar-refractivity contribution in [2.75, 3.05) is 0 Å². The number of rotatable bonds is 2. The van der Waals surface area contributed by atoms with Crippen LogP contribution in [0.15, 0.2) is 24.4 Å². The second-order valence-corrected chi connectivity index (χ2v) is 4.21. The van der Waals surface area contributed by atoms with Crippen LogP contribution in [0.4, 0.5) is 0 Å². The molecule has 15 heavy (non-hydrogen) atoms. The molecular weight excluding hydrogens is 186 g/mol. The van der Waals surface area contributed by atoms with E-state index in [1.165, 1.54) is 16.5 Å². The molecule has 0 saturated heterocycles. The first-order valence-corrected chi connectivity index (χ1v) is 5.20. The Labute approximate surface area is 89.5 Å². The summed E-state index contributed by atoms with van der Waals surface area (Å²) in [7, 11) is 0. The number of hydrogen-bond acceptors (Lipinski definition) is 1. The first-order chi connectivity index (χ1) is 7.13. The SMILES string of the molecule is Cc1cn(C(C)C)c2ccc(C=O)cc12. The van der Waals surface area contributed by atoms with Crippen LogP contribution >= 0.6 is 0 Å². The third-order valence-electron chi connectivity index (χ3n) is 2.75. The zero-order valence-electron chi connectivity index (χ0n) is 9.32. The molecule has 1 aromatic heterocycles. The first kappa shape index (κ1) is 9.97. The standard InChI is InChI=1S/C13H15NO/c1-9(2)14-7-10(3)12-6-11(8-15)4-5-13(12)14/h4-9H,1-3H3. The van der Waals surface area contributed by atoms with Gasteiger partial charge in [0.25, 0.3) is 0 Å². The van der Waals surface area contributed by atoms with Crippen LogP contribution < -0.4 is 0 Å². The van der Waals surface area contributed by atoms with Crippen molar-refractivity contribution in [2.45, 2.75) is 26.8 Å². The fourth-order valence-electron chi connectivity index (χ4n) is 1.94. The molecule has 2 rings (SSSR count). The van der Waals surface area contributed by atoms with Gasteiger partial charge in [-0.3, -0.25) is 4.79 Å². The van der Waals surface area contributed by atoms with Crippen molar-refractivity contribution in [3.8, 4) is 0 Å². The number of aryl methyl sites for hydroxylation is 1. The van der Waals surface area contributed by atoms with E-state index in [1.807, 2.05) is 18.2 Å². The van der Waals surface area contributed by atoms with E-state index in [9.17, 15) is 4.79 Å². The topological polar surface area (TPSA) is 22.0 Å². The highest BCUT2D eigenvalue weighted by Gasteiger charge is 2.07. The van der Waals surface area contributed by atoms with Gasteiger partial charge in [-0.05, 0) is 44.5 Å². The zero-order valence-corrected chi connectivity index (χ0v) is 9.32. The van der Waals surface area contributed by atoms with Crippen LogP contribution in [0, 0.1) is 6.92 Å². The molecule has 0 spiro atoms. The molecule has 0 aliphatic heterocycles. The summed E-state index contributed by atoms with van der Waals surface area (Å²) in [5.41, 5.74) is 3.17. The first-order valence-electron chi connectivity index (χ1n) is 5.20. The Morgan fingerprint density at radius 2 is 2.07 bits per heavy atom. The van der Waals surface area contributed by atoms with Gasteiger partial charge in [0.15, 0.2) is 0 Å². The Morgan fingerprint density at radius 1 is 1.33 bits per heavy atom. The van der Waals surface area contributed by atoms with E-state index in [1.54, 1.807) is 0 Å². The molecule has 2 heteroatoms. The Morgan fingerprint density at radius 3 is 2.67 bits per heavy atom. The van der Waals surface area contributed by atoms with Gasteiger partial charge < -0.3 is 4.57 Å². The average molecular weight is 201 g/mol. The predicted molar refractivity (Wildman–Crippen MR) is 62.4 cm³/mol. The van der Waals surface area contributed by atoms with Crippen molar-refractivity contribution in [1.82, 2.24) is 4.57 Å². The Balaban J connectivity index is 2.74. The number of carbonyl (C=O) groups excluding carboxylic acids is 1. The van der Waals surface area contributed by atoms with E-state index in [2.05, 4.69) is 31.5 Å². The summed E-state index contributed by atoms with van der Waals surface area (Å²) in [6.45, 7) is 6.40. The van der Waals surface area contributed by atoms with Crippen LogP contribution in [0.5, 0.6) is 0 Å². The number of carbonyl (C=O) groups is 1. The minimum absolute atomic E-state index is 0.447. The minimum atomic E-state index is 0.447. The van der Waals surface area contributed by atoms with Crippen LogP contribution in [0.1, 0.15) is 35.8 Å². The molecule has 1 aromatic carbocycles. The molecule has 0 amide bonds. The summed E-state index contributed by atoms with van der Waals surface area (Å²) in [5.74, 6) is 0. The molecule has 78 valence electrons. The van der Waals surface area contributed by atoms with E-state index in [0.717, 1.165) is 11.8 Å². The summed E-state index contributed by atoms with van der Waals surface area (Å²) in [5, 5.41) is 1.17. The van der Waals surface area contributed by atoms with Crippen molar-refractivity contribution < 1.29 is 4.79 Å². The third-order valence-corrected chi connectivity index (χ3v) is 2.75. The molecule has 0 bridgehead atoms. The number of nitrogens with zero attached hydrogens (tertiary/aromatic N) is 1. The maximum Gasteiger partial charge on any atom is 0.150 e. The monoisotopic (exact) mass is 201 g/mol. The van der Waals surface area contributed by atoms with E-state index in [-0.39, 0.29) is 0 Å². The Kier molecular flexibility index (Phi) is 2.35. The van der Waals surface area contributed by atoms with E-state index < -0.39 is 0 Å². The Bertz CT molecular complexity index is 508. The highest BCUT2D eigenvalue weighted by atomic mass is 16.1. The van der Waals surface area contributed by atoms with Crippen LogP contribution in [0.3, 0.4) is 0 Å². The summed E-state index contributed by atoms with van der Waals surface area (Å²) < 4.78 is 2.24. The molecule has 2 aromatic rings. The van der Waals surface area contributed by atoms with Gasteiger partial charge in [0.1, 0.15) is 6.29 Å². The summed E-state index contributed by atoms with van der Waals surface area (Å²) in [6.07, 6.45) is 3.04. The summed E-state index contributed by atoms with van der Waals surface area (Å²) >= 11 is 0. The molecule has 0 aliphatic carbocycles. The fraction of sp³-hybridized carbons (Fsp3) is 0.308. The van der Waals surface area contributed by atoms with Gasteiger partial charge in [-0.25, -0.2) is 0 Å². The van der Waals surface area contributed by atoms with Crippen molar-refractivity contribution in [3.63, 3.8) is 0 Å². The van der Waals surface area contributed by atoms with E-state index >= 15 is 0 Å². The summed E-state index contributed by atoms with van der Waals surface area (Å²) in [6, 6.07) is 6.29. The van der Waals surface area contributed by atoms with Crippen LogP contribution in [0.2, 0.25) is 0 Å². The lowest BCUT2D eigenvalue weighted by Gasteiger charge is -2.08. The van der Waals surface area contributed by atoms with Crippen LogP contribution in [-0.2, 0) is 0 Å². The number of hydrogen-bond donors (Lipinski definition) is 0. The maximum absolute atomic E-state index is 10.7. The second kappa shape index (κ2) is 3.54. The molecule has 0 radical (unpaired) electrons. The molecule has 2 nitrogen and oxygen atoms in total. The average Bonchev–Trinajstić information content (AvgIpc) is 2.56. The maximum atomic E-state index is 10.7. The molecule has 0 fully saturated rings. The number of aldehydes is 1. The normalized spacial score (nSPS) is 11.2. The fourth-order valence-corrected chi connectivity index (χ4v) is 1.94. The van der Waals surface area contributed by atoms with Gasteiger partial charge in [-0.1, -0.05) is 0 Å². The van der Waals surface area contributed by atoms with Crippen LogP contribution in [0.25, 0.3) is 10.9 Å². The number of aromatic nitrogens is 1. The minimum Gasteiger partial charge on any atom is -0.345 e. The van der Waals surface area contributed by atoms with Crippen LogP contribution in [-0.4, -0.2) is 10.9 Å². The lowest BCUT2D eigenvalue weighted by atomic mass is 10.1. The zero-order chi connectivity index (χ0) is 11.0. The lowest BCUT2D eigenvalue weighted by molar-refractivity contribution is 0.112.